The number of hydrogen-bond donors (Lipinski definition) is 0. The molecule has 0 atom stereocenters. The Morgan fingerprint density at radius 2 is 2.17 bits per heavy atom. The smallest absolute Gasteiger partial charge is 0.410 e. The van der Waals surface area contributed by atoms with E-state index < -0.39 is 5.60 Å². The number of aromatic nitrogens is 3. The average Bonchev–Trinajstić information content (AvgIpc) is 3.22. The van der Waals surface area contributed by atoms with E-state index >= 15 is 0 Å². The summed E-state index contributed by atoms with van der Waals surface area (Å²) < 4.78 is 7.60. The van der Waals surface area contributed by atoms with Gasteiger partial charge in [0.05, 0.1) is 11.8 Å². The monoisotopic (exact) mass is 316 g/mol. The predicted molar refractivity (Wildman–Crippen MR) is 88.1 cm³/mol. The van der Waals surface area contributed by atoms with Crippen LogP contribution in [0.1, 0.15) is 40.0 Å². The Balaban J connectivity index is 1.58. The highest BCUT2D eigenvalue weighted by molar-refractivity contribution is 5.70. The maximum absolute atomic E-state index is 12.3. The first-order valence-electron chi connectivity index (χ1n) is 8.19. The molecule has 0 radical (unpaired) electrons. The first-order valence-corrected chi connectivity index (χ1v) is 8.19. The number of rotatable bonds is 5. The van der Waals surface area contributed by atoms with Gasteiger partial charge in [-0.3, -0.25) is 0 Å². The van der Waals surface area contributed by atoms with E-state index in [1.807, 2.05) is 44.1 Å². The van der Waals surface area contributed by atoms with E-state index in [0.717, 1.165) is 37.0 Å². The molecule has 0 saturated heterocycles. The summed E-state index contributed by atoms with van der Waals surface area (Å²) in [5.74, 6) is 0. The molecule has 0 aliphatic heterocycles. The third-order valence-corrected chi connectivity index (χ3v) is 3.81. The topological polar surface area (TPSA) is 60.2 Å². The molecule has 2 aromatic heterocycles. The summed E-state index contributed by atoms with van der Waals surface area (Å²) in [6.45, 7) is 7.23. The van der Waals surface area contributed by atoms with Gasteiger partial charge in [0.2, 0.25) is 0 Å². The number of amides is 1. The van der Waals surface area contributed by atoms with Crippen molar-refractivity contribution < 1.29 is 9.53 Å². The Bertz CT molecular complexity index is 685. The van der Waals surface area contributed by atoms with Crippen molar-refractivity contribution in [3.05, 3.63) is 24.7 Å². The number of carbonyl (C=O) groups is 1. The molecule has 0 unspecified atom stereocenters. The van der Waals surface area contributed by atoms with Gasteiger partial charge in [-0.15, -0.1) is 0 Å². The fourth-order valence-electron chi connectivity index (χ4n) is 2.62. The van der Waals surface area contributed by atoms with Crippen molar-refractivity contribution in [2.45, 2.75) is 58.2 Å². The summed E-state index contributed by atoms with van der Waals surface area (Å²) in [4.78, 5) is 22.7. The lowest BCUT2D eigenvalue weighted by Crippen LogP contribution is -2.39. The highest BCUT2D eigenvalue weighted by Gasteiger charge is 2.34. The Morgan fingerprint density at radius 3 is 2.87 bits per heavy atom. The quantitative estimate of drug-likeness (QED) is 0.850. The van der Waals surface area contributed by atoms with E-state index in [2.05, 4.69) is 14.5 Å². The van der Waals surface area contributed by atoms with Crippen molar-refractivity contribution in [2.24, 2.45) is 0 Å². The molecule has 0 aromatic carbocycles. The van der Waals surface area contributed by atoms with Crippen LogP contribution in [0.5, 0.6) is 0 Å². The predicted octanol–water partition coefficient (Wildman–Crippen LogP) is 3.22. The fourth-order valence-corrected chi connectivity index (χ4v) is 2.62. The van der Waals surface area contributed by atoms with Crippen LogP contribution in [0.15, 0.2) is 24.7 Å². The van der Waals surface area contributed by atoms with Gasteiger partial charge in [-0.2, -0.15) is 0 Å². The molecule has 0 N–H and O–H groups in total. The summed E-state index contributed by atoms with van der Waals surface area (Å²) >= 11 is 0. The SMILES string of the molecule is CC(C)(C)OC(=O)N(CCCn1cnc2ncccc21)C1CC1. The molecule has 1 saturated carbocycles. The highest BCUT2D eigenvalue weighted by atomic mass is 16.6. The van der Waals surface area contributed by atoms with Gasteiger partial charge in [0.1, 0.15) is 5.60 Å². The third kappa shape index (κ3) is 4.00. The van der Waals surface area contributed by atoms with Crippen molar-refractivity contribution >= 4 is 17.3 Å². The average molecular weight is 316 g/mol. The molecule has 2 aromatic rings. The third-order valence-electron chi connectivity index (χ3n) is 3.81. The van der Waals surface area contributed by atoms with Crippen molar-refractivity contribution in [3.8, 4) is 0 Å². The van der Waals surface area contributed by atoms with Gasteiger partial charge in [0, 0.05) is 25.3 Å². The normalized spacial score (nSPS) is 14.9. The minimum absolute atomic E-state index is 0.197. The van der Waals surface area contributed by atoms with Crippen molar-refractivity contribution in [2.75, 3.05) is 6.54 Å². The van der Waals surface area contributed by atoms with Gasteiger partial charge in [0.15, 0.2) is 5.65 Å². The van der Waals surface area contributed by atoms with Gasteiger partial charge in [0.25, 0.3) is 0 Å². The second-order valence-corrected chi connectivity index (χ2v) is 7.04. The maximum Gasteiger partial charge on any atom is 0.410 e. The van der Waals surface area contributed by atoms with Gasteiger partial charge in [-0.1, -0.05) is 0 Å². The Labute approximate surface area is 136 Å². The second kappa shape index (κ2) is 6.18. The molecule has 2 heterocycles. The summed E-state index contributed by atoms with van der Waals surface area (Å²) in [7, 11) is 0. The van der Waals surface area contributed by atoms with Crippen molar-refractivity contribution in [3.63, 3.8) is 0 Å². The molecule has 124 valence electrons. The van der Waals surface area contributed by atoms with Crippen LogP contribution in [0.4, 0.5) is 4.79 Å². The van der Waals surface area contributed by atoms with Gasteiger partial charge in [-0.25, -0.2) is 14.8 Å². The van der Waals surface area contributed by atoms with Crippen LogP contribution in [0.3, 0.4) is 0 Å². The number of hydrogen-bond acceptors (Lipinski definition) is 4. The number of nitrogens with zero attached hydrogens (tertiary/aromatic N) is 4. The molecule has 1 aliphatic rings. The van der Waals surface area contributed by atoms with Crippen LogP contribution in [0, 0.1) is 0 Å². The number of pyridine rings is 1. The number of fused-ring (bicyclic) bond motifs is 1. The highest BCUT2D eigenvalue weighted by Crippen LogP contribution is 2.28. The van der Waals surface area contributed by atoms with Gasteiger partial charge in [-0.05, 0) is 52.2 Å². The van der Waals surface area contributed by atoms with E-state index in [1.54, 1.807) is 6.20 Å². The Morgan fingerprint density at radius 1 is 1.39 bits per heavy atom. The molecule has 1 fully saturated rings. The minimum Gasteiger partial charge on any atom is -0.444 e. The molecular formula is C17H24N4O2. The number of carbonyl (C=O) groups excluding carboxylic acids is 1. The molecule has 0 bridgehead atoms. The fraction of sp³-hybridized carbons (Fsp3) is 0.588. The van der Waals surface area contributed by atoms with Crippen LogP contribution < -0.4 is 0 Å². The molecule has 1 amide bonds. The van der Waals surface area contributed by atoms with E-state index in [-0.39, 0.29) is 6.09 Å². The molecule has 1 aliphatic carbocycles. The maximum atomic E-state index is 12.3. The van der Waals surface area contributed by atoms with Gasteiger partial charge < -0.3 is 14.2 Å². The summed E-state index contributed by atoms with van der Waals surface area (Å²) in [6, 6.07) is 4.28. The van der Waals surface area contributed by atoms with Crippen LogP contribution in [0.2, 0.25) is 0 Å². The molecule has 0 spiro atoms. The van der Waals surface area contributed by atoms with Crippen LogP contribution in [0.25, 0.3) is 11.2 Å². The number of imidazole rings is 1. The zero-order chi connectivity index (χ0) is 16.4. The first kappa shape index (κ1) is 15.8. The zero-order valence-electron chi connectivity index (χ0n) is 14.0. The zero-order valence-corrected chi connectivity index (χ0v) is 14.0. The molecule has 6 nitrogen and oxygen atoms in total. The van der Waals surface area contributed by atoms with Crippen LogP contribution >= 0.6 is 0 Å². The summed E-state index contributed by atoms with van der Waals surface area (Å²) in [5, 5.41) is 0. The molecule has 3 rings (SSSR count). The summed E-state index contributed by atoms with van der Waals surface area (Å²) in [5.41, 5.74) is 1.35. The van der Waals surface area contributed by atoms with Gasteiger partial charge >= 0.3 is 6.09 Å². The number of ether oxygens (including phenoxy) is 1. The summed E-state index contributed by atoms with van der Waals surface area (Å²) in [6.07, 6.45) is 6.39. The van der Waals surface area contributed by atoms with E-state index in [1.165, 1.54) is 0 Å². The molecule has 6 heteroatoms. The van der Waals surface area contributed by atoms with Crippen LogP contribution in [-0.2, 0) is 11.3 Å². The molecule has 23 heavy (non-hydrogen) atoms. The van der Waals surface area contributed by atoms with E-state index in [9.17, 15) is 4.79 Å². The van der Waals surface area contributed by atoms with Crippen molar-refractivity contribution in [1.29, 1.82) is 0 Å². The lowest BCUT2D eigenvalue weighted by atomic mass is 10.2. The second-order valence-electron chi connectivity index (χ2n) is 7.04. The van der Waals surface area contributed by atoms with Crippen molar-refractivity contribution in [1.82, 2.24) is 19.4 Å². The Kier molecular flexibility index (Phi) is 4.24. The van der Waals surface area contributed by atoms with E-state index in [0.29, 0.717) is 12.6 Å². The number of aryl methyl sites for hydroxylation is 1. The lowest BCUT2D eigenvalue weighted by molar-refractivity contribution is 0.0230. The lowest BCUT2D eigenvalue weighted by Gasteiger charge is -2.27. The van der Waals surface area contributed by atoms with Crippen LogP contribution in [-0.4, -0.2) is 43.7 Å². The minimum atomic E-state index is -0.448. The first-order chi connectivity index (χ1) is 10.9. The molecular weight excluding hydrogens is 292 g/mol. The largest absolute Gasteiger partial charge is 0.444 e. The standard InChI is InChI=1S/C17H24N4O2/c1-17(2,3)23-16(22)21(13-7-8-13)11-5-10-20-12-19-15-14(20)6-4-9-18-15/h4,6,9,12-13H,5,7-8,10-11H2,1-3H3. The Hall–Kier alpha value is -2.11. The van der Waals surface area contributed by atoms with E-state index in [4.69, 9.17) is 4.74 Å².